The van der Waals surface area contributed by atoms with E-state index in [9.17, 15) is 18.0 Å². The summed E-state index contributed by atoms with van der Waals surface area (Å²) in [6.45, 7) is 7.61. The van der Waals surface area contributed by atoms with Gasteiger partial charge in [0.05, 0.1) is 7.11 Å². The first-order chi connectivity index (χ1) is 15.4. The lowest BCUT2D eigenvalue weighted by molar-refractivity contribution is -0.152. The van der Waals surface area contributed by atoms with Crippen molar-refractivity contribution in [3.05, 3.63) is 30.0 Å². The Hall–Kier alpha value is -3.04. The molecule has 1 fully saturated rings. The van der Waals surface area contributed by atoms with Crippen molar-refractivity contribution in [1.29, 1.82) is 0 Å². The molecule has 1 atom stereocenters. The molecule has 3 heterocycles. The van der Waals surface area contributed by atoms with E-state index in [0.29, 0.717) is 24.0 Å². The third-order valence-corrected chi connectivity index (χ3v) is 5.20. The van der Waals surface area contributed by atoms with Crippen LogP contribution in [0.25, 0.3) is 11.1 Å². The number of aromatic nitrogens is 2. The number of hydrogen-bond acceptors (Lipinski definition) is 6. The Balaban J connectivity index is 2.11. The number of anilines is 2. The van der Waals surface area contributed by atoms with Gasteiger partial charge >= 0.3 is 12.3 Å². The standard InChI is InChI=1S/C23H29F3N4O3/c1-14-13-27-18(28-21(31)32-5)12-16(14)15-10-19(29-20(11-15)33-22(2,3)4)30-9-7-6-8-17(30)23(24,25)26/h10-13,17H,6-9H2,1-5H3,(H,27,28,31)/t17-/m1/s1. The number of pyridine rings is 2. The summed E-state index contributed by atoms with van der Waals surface area (Å²) in [5.74, 6) is 0.679. The summed E-state index contributed by atoms with van der Waals surface area (Å²) >= 11 is 0. The second-order valence-electron chi connectivity index (χ2n) is 9.01. The fourth-order valence-corrected chi connectivity index (χ4v) is 3.76. The number of methoxy groups -OCH3 is 1. The number of nitrogens with zero attached hydrogens (tertiary/aromatic N) is 3. The quantitative estimate of drug-likeness (QED) is 0.620. The van der Waals surface area contributed by atoms with Gasteiger partial charge in [-0.2, -0.15) is 18.2 Å². The number of carbonyl (C=O) groups excluding carboxylic acids is 1. The number of halogens is 3. The number of piperidine rings is 1. The number of aryl methyl sites for hydroxylation is 1. The number of rotatable bonds is 4. The number of amides is 1. The molecule has 3 rings (SSSR count). The van der Waals surface area contributed by atoms with Crippen molar-refractivity contribution in [1.82, 2.24) is 9.97 Å². The van der Waals surface area contributed by atoms with Crippen LogP contribution in [0.15, 0.2) is 24.4 Å². The first-order valence-electron chi connectivity index (χ1n) is 10.7. The molecule has 0 aromatic carbocycles. The SMILES string of the molecule is COC(=O)Nc1cc(-c2cc(OC(C)(C)C)nc(N3CCCC[C@@H]3C(F)(F)F)c2)c(C)cn1. The van der Waals surface area contributed by atoms with Gasteiger partial charge in [0.25, 0.3) is 0 Å². The molecule has 0 bridgehead atoms. The molecule has 0 saturated carbocycles. The minimum absolute atomic E-state index is 0.0202. The normalized spacial score (nSPS) is 17.0. The number of carbonyl (C=O) groups is 1. The summed E-state index contributed by atoms with van der Waals surface area (Å²) in [5.41, 5.74) is 1.47. The Morgan fingerprint density at radius 3 is 2.55 bits per heavy atom. The molecule has 0 radical (unpaired) electrons. The second-order valence-corrected chi connectivity index (χ2v) is 9.01. The van der Waals surface area contributed by atoms with E-state index >= 15 is 0 Å². The van der Waals surface area contributed by atoms with Crippen LogP contribution in [0.1, 0.15) is 45.6 Å². The maximum Gasteiger partial charge on any atom is 0.412 e. The molecule has 1 aliphatic rings. The van der Waals surface area contributed by atoms with Crippen molar-refractivity contribution in [3.63, 3.8) is 0 Å². The van der Waals surface area contributed by atoms with Crippen molar-refractivity contribution in [2.24, 2.45) is 0 Å². The monoisotopic (exact) mass is 466 g/mol. The lowest BCUT2D eigenvalue weighted by atomic mass is 10.00. The minimum Gasteiger partial charge on any atom is -0.472 e. The molecule has 2 aromatic rings. The Labute approximate surface area is 191 Å². The number of alkyl halides is 3. The average molecular weight is 467 g/mol. The van der Waals surface area contributed by atoms with Crippen molar-refractivity contribution >= 4 is 17.7 Å². The molecule has 0 spiro atoms. The van der Waals surface area contributed by atoms with Crippen LogP contribution < -0.4 is 15.0 Å². The molecular weight excluding hydrogens is 437 g/mol. The van der Waals surface area contributed by atoms with E-state index in [1.54, 1.807) is 24.4 Å². The molecular formula is C23H29F3N4O3. The van der Waals surface area contributed by atoms with Crippen LogP contribution in [0.5, 0.6) is 5.88 Å². The number of nitrogens with one attached hydrogen (secondary N) is 1. The molecule has 180 valence electrons. The van der Waals surface area contributed by atoms with Gasteiger partial charge in [0.15, 0.2) is 0 Å². The third-order valence-electron chi connectivity index (χ3n) is 5.20. The molecule has 2 aromatic heterocycles. The van der Waals surface area contributed by atoms with Crippen LogP contribution in [0.2, 0.25) is 0 Å². The van der Waals surface area contributed by atoms with E-state index in [1.807, 2.05) is 27.7 Å². The van der Waals surface area contributed by atoms with Gasteiger partial charge in [-0.05, 0) is 75.8 Å². The Morgan fingerprint density at radius 2 is 1.91 bits per heavy atom. The van der Waals surface area contributed by atoms with Gasteiger partial charge in [-0.3, -0.25) is 5.32 Å². The molecule has 0 unspecified atom stereocenters. The fourth-order valence-electron chi connectivity index (χ4n) is 3.76. The molecule has 1 saturated heterocycles. The van der Waals surface area contributed by atoms with Crippen molar-refractivity contribution in [2.45, 2.75) is 64.8 Å². The Morgan fingerprint density at radius 1 is 1.18 bits per heavy atom. The average Bonchev–Trinajstić information content (AvgIpc) is 2.73. The minimum atomic E-state index is -4.37. The zero-order valence-electron chi connectivity index (χ0n) is 19.4. The number of ether oxygens (including phenoxy) is 2. The van der Waals surface area contributed by atoms with E-state index < -0.39 is 23.9 Å². The van der Waals surface area contributed by atoms with Crippen LogP contribution in [0.4, 0.5) is 29.6 Å². The van der Waals surface area contributed by atoms with Crippen LogP contribution in [0, 0.1) is 6.92 Å². The van der Waals surface area contributed by atoms with Crippen LogP contribution in [-0.2, 0) is 4.74 Å². The van der Waals surface area contributed by atoms with E-state index in [4.69, 9.17) is 4.74 Å². The van der Waals surface area contributed by atoms with E-state index in [-0.39, 0.29) is 30.5 Å². The molecule has 7 nitrogen and oxygen atoms in total. The molecule has 33 heavy (non-hydrogen) atoms. The van der Waals surface area contributed by atoms with Gasteiger partial charge < -0.3 is 14.4 Å². The van der Waals surface area contributed by atoms with Crippen molar-refractivity contribution in [2.75, 3.05) is 23.9 Å². The highest BCUT2D eigenvalue weighted by Gasteiger charge is 2.45. The first kappa shape index (κ1) is 24.6. The summed E-state index contributed by atoms with van der Waals surface area (Å²) in [6, 6.07) is 3.35. The highest BCUT2D eigenvalue weighted by Crippen LogP contribution is 2.38. The van der Waals surface area contributed by atoms with Gasteiger partial charge in [0.1, 0.15) is 23.3 Å². The first-order valence-corrected chi connectivity index (χ1v) is 10.7. The second kappa shape index (κ2) is 9.44. The van der Waals surface area contributed by atoms with Crippen molar-refractivity contribution in [3.8, 4) is 17.0 Å². The third kappa shape index (κ3) is 6.27. The topological polar surface area (TPSA) is 76.6 Å². The predicted octanol–water partition coefficient (Wildman–Crippen LogP) is 5.73. The maximum atomic E-state index is 13.8. The Bertz CT molecular complexity index is 1010. The van der Waals surface area contributed by atoms with Gasteiger partial charge in [-0.1, -0.05) is 0 Å². The zero-order chi connectivity index (χ0) is 24.4. The lowest BCUT2D eigenvalue weighted by Crippen LogP contribution is -2.49. The van der Waals surface area contributed by atoms with Crippen LogP contribution in [-0.4, -0.2) is 47.5 Å². The lowest BCUT2D eigenvalue weighted by Gasteiger charge is -2.38. The van der Waals surface area contributed by atoms with Crippen LogP contribution >= 0.6 is 0 Å². The largest absolute Gasteiger partial charge is 0.472 e. The highest BCUT2D eigenvalue weighted by atomic mass is 19.4. The Kier molecular flexibility index (Phi) is 7.04. The molecule has 0 aliphatic carbocycles. The molecule has 1 aliphatic heterocycles. The van der Waals surface area contributed by atoms with Gasteiger partial charge in [-0.15, -0.1) is 0 Å². The van der Waals surface area contributed by atoms with Gasteiger partial charge in [0, 0.05) is 18.8 Å². The van der Waals surface area contributed by atoms with Gasteiger partial charge in [0.2, 0.25) is 5.88 Å². The predicted molar refractivity (Wildman–Crippen MR) is 120 cm³/mol. The van der Waals surface area contributed by atoms with E-state index in [2.05, 4.69) is 20.0 Å². The number of hydrogen-bond donors (Lipinski definition) is 1. The van der Waals surface area contributed by atoms with Crippen LogP contribution in [0.3, 0.4) is 0 Å². The summed E-state index contributed by atoms with van der Waals surface area (Å²) in [6.07, 6.45) is -2.29. The van der Waals surface area contributed by atoms with Gasteiger partial charge in [-0.25, -0.2) is 9.78 Å². The van der Waals surface area contributed by atoms with E-state index in [1.165, 1.54) is 12.0 Å². The summed E-state index contributed by atoms with van der Waals surface area (Å²) in [4.78, 5) is 21.5. The highest BCUT2D eigenvalue weighted by molar-refractivity contribution is 5.85. The smallest absolute Gasteiger partial charge is 0.412 e. The summed E-state index contributed by atoms with van der Waals surface area (Å²) in [5, 5.41) is 2.51. The zero-order valence-corrected chi connectivity index (χ0v) is 19.4. The summed E-state index contributed by atoms with van der Waals surface area (Å²) < 4.78 is 51.9. The fraction of sp³-hybridized carbons (Fsp3) is 0.522. The van der Waals surface area contributed by atoms with E-state index in [0.717, 1.165) is 5.56 Å². The van der Waals surface area contributed by atoms with Crippen molar-refractivity contribution < 1.29 is 27.4 Å². The molecule has 1 amide bonds. The summed E-state index contributed by atoms with van der Waals surface area (Å²) in [7, 11) is 1.24. The maximum absolute atomic E-state index is 13.8. The molecule has 1 N–H and O–H groups in total. The molecule has 10 heteroatoms.